The van der Waals surface area contributed by atoms with Gasteiger partial charge in [0.2, 0.25) is 0 Å². The normalized spacial score (nSPS) is 20.6. The molecule has 0 aliphatic carbocycles. The monoisotopic (exact) mass is 211 g/mol. The van der Waals surface area contributed by atoms with Crippen LogP contribution in [0.5, 0.6) is 0 Å². The van der Waals surface area contributed by atoms with Crippen LogP contribution in [0.4, 0.5) is 0 Å². The van der Waals surface area contributed by atoms with Crippen molar-refractivity contribution in [2.45, 2.75) is 12.5 Å². The van der Waals surface area contributed by atoms with Crippen molar-refractivity contribution in [2.24, 2.45) is 0 Å². The highest BCUT2D eigenvalue weighted by atomic mass is 35.5. The molecule has 3 heteroatoms. The number of fused-ring (bicyclic) bond motifs is 1. The fourth-order valence-electron chi connectivity index (χ4n) is 1.97. The van der Waals surface area contributed by atoms with Gasteiger partial charge in [-0.1, -0.05) is 17.7 Å². The van der Waals surface area contributed by atoms with Crippen LogP contribution < -0.4 is 5.32 Å². The number of methoxy groups -OCH3 is 1. The van der Waals surface area contributed by atoms with Crippen LogP contribution in [-0.2, 0) is 11.3 Å². The van der Waals surface area contributed by atoms with E-state index in [0.29, 0.717) is 5.92 Å². The van der Waals surface area contributed by atoms with E-state index in [4.69, 9.17) is 16.3 Å². The van der Waals surface area contributed by atoms with Gasteiger partial charge in [-0.05, 0) is 23.3 Å². The van der Waals surface area contributed by atoms with Gasteiger partial charge < -0.3 is 10.1 Å². The van der Waals surface area contributed by atoms with Gasteiger partial charge in [-0.15, -0.1) is 0 Å². The van der Waals surface area contributed by atoms with Crippen LogP contribution in [0.2, 0.25) is 5.02 Å². The molecule has 1 unspecified atom stereocenters. The summed E-state index contributed by atoms with van der Waals surface area (Å²) in [5.74, 6) is 0.459. The number of hydrogen-bond acceptors (Lipinski definition) is 2. The zero-order chi connectivity index (χ0) is 9.97. The average molecular weight is 212 g/mol. The Kier molecular flexibility index (Phi) is 3.06. The molecular weight excluding hydrogens is 198 g/mol. The quantitative estimate of drug-likeness (QED) is 0.810. The van der Waals surface area contributed by atoms with Gasteiger partial charge in [0.15, 0.2) is 0 Å². The summed E-state index contributed by atoms with van der Waals surface area (Å²) in [6, 6.07) is 6.10. The number of hydrogen-bond donors (Lipinski definition) is 1. The first-order chi connectivity index (χ1) is 6.81. The third kappa shape index (κ3) is 1.92. The molecule has 0 fully saturated rings. The molecule has 0 spiro atoms. The van der Waals surface area contributed by atoms with Crippen LogP contribution >= 0.6 is 11.6 Å². The van der Waals surface area contributed by atoms with Crippen LogP contribution in [0.15, 0.2) is 18.2 Å². The lowest BCUT2D eigenvalue weighted by Crippen LogP contribution is -2.30. The highest BCUT2D eigenvalue weighted by molar-refractivity contribution is 6.30. The molecule has 0 saturated carbocycles. The van der Waals surface area contributed by atoms with Gasteiger partial charge in [-0.2, -0.15) is 0 Å². The summed E-state index contributed by atoms with van der Waals surface area (Å²) in [4.78, 5) is 0. The van der Waals surface area contributed by atoms with Crippen molar-refractivity contribution in [1.82, 2.24) is 5.32 Å². The summed E-state index contributed by atoms with van der Waals surface area (Å²) in [6.07, 6.45) is 0. The summed E-state index contributed by atoms with van der Waals surface area (Å²) in [6.45, 7) is 2.67. The van der Waals surface area contributed by atoms with Crippen LogP contribution in [-0.4, -0.2) is 20.3 Å². The third-order valence-electron chi connectivity index (χ3n) is 2.62. The molecule has 76 valence electrons. The molecule has 0 amide bonds. The molecule has 2 nitrogen and oxygen atoms in total. The number of nitrogens with one attached hydrogen (secondary N) is 1. The molecule has 1 aromatic rings. The molecule has 0 bridgehead atoms. The second kappa shape index (κ2) is 4.30. The lowest BCUT2D eigenvalue weighted by Gasteiger charge is -2.25. The Labute approximate surface area is 89.2 Å². The Morgan fingerprint density at radius 1 is 1.57 bits per heavy atom. The Bertz CT molecular complexity index is 327. The molecule has 0 aromatic heterocycles. The van der Waals surface area contributed by atoms with Crippen LogP contribution in [0.1, 0.15) is 17.0 Å². The van der Waals surface area contributed by atoms with E-state index < -0.39 is 0 Å². The molecule has 1 N–H and O–H groups in total. The maximum absolute atomic E-state index is 5.94. The Hall–Kier alpha value is -0.570. The first-order valence-corrected chi connectivity index (χ1v) is 5.17. The van der Waals surface area contributed by atoms with E-state index in [9.17, 15) is 0 Å². The minimum Gasteiger partial charge on any atom is -0.384 e. The van der Waals surface area contributed by atoms with Gasteiger partial charge in [0.25, 0.3) is 0 Å². The van der Waals surface area contributed by atoms with Gasteiger partial charge in [0.1, 0.15) is 0 Å². The molecule has 1 atom stereocenters. The zero-order valence-corrected chi connectivity index (χ0v) is 8.97. The second-order valence-electron chi connectivity index (χ2n) is 3.63. The Morgan fingerprint density at radius 2 is 2.43 bits per heavy atom. The van der Waals surface area contributed by atoms with E-state index in [0.717, 1.165) is 24.7 Å². The van der Waals surface area contributed by atoms with E-state index in [1.54, 1.807) is 7.11 Å². The summed E-state index contributed by atoms with van der Waals surface area (Å²) >= 11 is 5.94. The van der Waals surface area contributed by atoms with Crippen molar-refractivity contribution in [1.29, 1.82) is 0 Å². The van der Waals surface area contributed by atoms with Crippen LogP contribution in [0, 0.1) is 0 Å². The topological polar surface area (TPSA) is 21.3 Å². The predicted molar refractivity (Wildman–Crippen MR) is 57.8 cm³/mol. The highest BCUT2D eigenvalue weighted by Crippen LogP contribution is 2.26. The third-order valence-corrected chi connectivity index (χ3v) is 2.85. The van der Waals surface area contributed by atoms with Crippen LogP contribution in [0.3, 0.4) is 0 Å². The molecule has 1 aromatic carbocycles. The van der Waals surface area contributed by atoms with Gasteiger partial charge in [0, 0.05) is 31.1 Å². The lowest BCUT2D eigenvalue weighted by molar-refractivity contribution is 0.175. The number of ether oxygens (including phenoxy) is 1. The highest BCUT2D eigenvalue weighted by Gasteiger charge is 2.19. The largest absolute Gasteiger partial charge is 0.384 e. The summed E-state index contributed by atoms with van der Waals surface area (Å²) in [5.41, 5.74) is 2.67. The van der Waals surface area contributed by atoms with E-state index in [-0.39, 0.29) is 0 Å². The number of benzene rings is 1. The molecular formula is C11H14ClNO. The van der Waals surface area contributed by atoms with Gasteiger partial charge in [-0.25, -0.2) is 0 Å². The first-order valence-electron chi connectivity index (χ1n) is 4.79. The second-order valence-corrected chi connectivity index (χ2v) is 4.06. The Balaban J connectivity index is 2.30. The Morgan fingerprint density at radius 3 is 3.21 bits per heavy atom. The molecule has 1 aliphatic heterocycles. The van der Waals surface area contributed by atoms with Gasteiger partial charge in [-0.3, -0.25) is 0 Å². The molecule has 1 heterocycles. The fraction of sp³-hybridized carbons (Fsp3) is 0.455. The molecule has 0 saturated heterocycles. The predicted octanol–water partition coefficient (Wildman–Crippen LogP) is 2.17. The van der Waals surface area contributed by atoms with Crippen molar-refractivity contribution >= 4 is 11.6 Å². The van der Waals surface area contributed by atoms with E-state index in [1.165, 1.54) is 11.1 Å². The first kappa shape index (κ1) is 9.97. The van der Waals surface area contributed by atoms with Gasteiger partial charge >= 0.3 is 0 Å². The fourth-order valence-corrected chi connectivity index (χ4v) is 2.16. The van der Waals surface area contributed by atoms with Crippen molar-refractivity contribution < 1.29 is 4.74 Å². The SMILES string of the molecule is COCC1CNCc2cc(Cl)ccc21. The molecule has 1 aliphatic rings. The summed E-state index contributed by atoms with van der Waals surface area (Å²) in [5, 5.41) is 4.17. The van der Waals surface area contributed by atoms with Crippen molar-refractivity contribution in [3.8, 4) is 0 Å². The average Bonchev–Trinajstić information content (AvgIpc) is 2.18. The molecule has 14 heavy (non-hydrogen) atoms. The summed E-state index contributed by atoms with van der Waals surface area (Å²) < 4.78 is 5.20. The van der Waals surface area contributed by atoms with Crippen molar-refractivity contribution in [2.75, 3.05) is 20.3 Å². The maximum Gasteiger partial charge on any atom is 0.0543 e. The van der Waals surface area contributed by atoms with E-state index in [2.05, 4.69) is 11.4 Å². The minimum atomic E-state index is 0.459. The summed E-state index contributed by atoms with van der Waals surface area (Å²) in [7, 11) is 1.74. The van der Waals surface area contributed by atoms with E-state index >= 15 is 0 Å². The van der Waals surface area contributed by atoms with Crippen molar-refractivity contribution in [3.05, 3.63) is 34.3 Å². The minimum absolute atomic E-state index is 0.459. The molecule has 2 rings (SSSR count). The van der Waals surface area contributed by atoms with E-state index in [1.807, 2.05) is 12.1 Å². The number of halogens is 1. The smallest absolute Gasteiger partial charge is 0.0543 e. The maximum atomic E-state index is 5.94. The van der Waals surface area contributed by atoms with Gasteiger partial charge in [0.05, 0.1) is 6.61 Å². The molecule has 0 radical (unpaired) electrons. The standard InChI is InChI=1S/C11H14ClNO/c1-14-7-9-6-13-5-8-4-10(12)2-3-11(8)9/h2-4,9,13H,5-7H2,1H3. The van der Waals surface area contributed by atoms with Crippen molar-refractivity contribution in [3.63, 3.8) is 0 Å². The van der Waals surface area contributed by atoms with Crippen LogP contribution in [0.25, 0.3) is 0 Å². The zero-order valence-electron chi connectivity index (χ0n) is 8.22. The number of rotatable bonds is 2. The lowest BCUT2D eigenvalue weighted by atomic mass is 9.91.